The Hall–Kier alpha value is -4.04. The molecule has 0 spiro atoms. The van der Waals surface area contributed by atoms with Gasteiger partial charge in [0, 0.05) is 11.6 Å². The second-order valence-corrected chi connectivity index (χ2v) is 8.15. The SMILES string of the molecule is Cc1cccc(Cn2c(=O)c(C(=O)NCc3ccc(F)cc3)nn(-c3cccc(Cl)c3)c2=O)c1. The van der Waals surface area contributed by atoms with Crippen LogP contribution in [0.4, 0.5) is 4.39 Å². The Balaban J connectivity index is 1.77. The van der Waals surface area contributed by atoms with Crippen molar-refractivity contribution in [2.75, 3.05) is 0 Å². The molecule has 172 valence electrons. The fourth-order valence-corrected chi connectivity index (χ4v) is 3.62. The number of carbonyl (C=O) groups is 1. The molecule has 7 nitrogen and oxygen atoms in total. The van der Waals surface area contributed by atoms with Crippen LogP contribution < -0.4 is 16.6 Å². The topological polar surface area (TPSA) is 86.0 Å². The molecule has 4 aromatic rings. The van der Waals surface area contributed by atoms with Gasteiger partial charge >= 0.3 is 5.69 Å². The second kappa shape index (κ2) is 9.84. The lowest BCUT2D eigenvalue weighted by Gasteiger charge is -2.13. The smallest absolute Gasteiger partial charge is 0.346 e. The van der Waals surface area contributed by atoms with Gasteiger partial charge in [0.2, 0.25) is 5.69 Å². The molecule has 0 aliphatic heterocycles. The van der Waals surface area contributed by atoms with Gasteiger partial charge in [-0.2, -0.15) is 9.78 Å². The van der Waals surface area contributed by atoms with Crippen molar-refractivity contribution in [3.8, 4) is 5.69 Å². The number of amides is 1. The predicted molar refractivity (Wildman–Crippen MR) is 127 cm³/mol. The number of rotatable bonds is 6. The van der Waals surface area contributed by atoms with E-state index in [9.17, 15) is 18.8 Å². The number of aromatic nitrogens is 3. The average Bonchev–Trinajstić information content (AvgIpc) is 2.81. The molecule has 1 N–H and O–H groups in total. The van der Waals surface area contributed by atoms with Crippen LogP contribution in [0.25, 0.3) is 5.69 Å². The number of aryl methyl sites for hydroxylation is 1. The van der Waals surface area contributed by atoms with Crippen LogP contribution in [-0.4, -0.2) is 20.3 Å². The maximum absolute atomic E-state index is 13.2. The number of hydrogen-bond acceptors (Lipinski definition) is 4. The van der Waals surface area contributed by atoms with E-state index in [4.69, 9.17) is 11.6 Å². The molecule has 1 heterocycles. The summed E-state index contributed by atoms with van der Waals surface area (Å²) in [5.41, 5.74) is 0.661. The molecular formula is C25H20ClFN4O3. The summed E-state index contributed by atoms with van der Waals surface area (Å²) >= 11 is 6.08. The van der Waals surface area contributed by atoms with E-state index in [-0.39, 0.29) is 13.1 Å². The molecule has 4 rings (SSSR count). The first kappa shape index (κ1) is 23.1. The van der Waals surface area contributed by atoms with Crippen molar-refractivity contribution in [2.45, 2.75) is 20.0 Å². The minimum absolute atomic E-state index is 0.0410. The molecule has 0 saturated carbocycles. The number of halogens is 2. The molecular weight excluding hydrogens is 459 g/mol. The molecule has 0 radical (unpaired) electrons. The molecule has 34 heavy (non-hydrogen) atoms. The van der Waals surface area contributed by atoms with Crippen LogP contribution in [0.3, 0.4) is 0 Å². The number of benzene rings is 3. The van der Waals surface area contributed by atoms with E-state index in [1.807, 2.05) is 25.1 Å². The van der Waals surface area contributed by atoms with Gasteiger partial charge < -0.3 is 5.32 Å². The maximum Gasteiger partial charge on any atom is 0.352 e. The van der Waals surface area contributed by atoms with Gasteiger partial charge in [-0.25, -0.2) is 9.18 Å². The molecule has 1 aromatic heterocycles. The van der Waals surface area contributed by atoms with Crippen LogP contribution >= 0.6 is 11.6 Å². The molecule has 0 saturated heterocycles. The third-order valence-corrected chi connectivity index (χ3v) is 5.35. The summed E-state index contributed by atoms with van der Waals surface area (Å²) in [6.45, 7) is 1.91. The number of hydrogen-bond donors (Lipinski definition) is 1. The minimum Gasteiger partial charge on any atom is -0.346 e. The first-order chi connectivity index (χ1) is 16.3. The summed E-state index contributed by atoms with van der Waals surface area (Å²) in [6, 6.07) is 19.3. The Morgan fingerprint density at radius 3 is 2.44 bits per heavy atom. The van der Waals surface area contributed by atoms with E-state index >= 15 is 0 Å². The van der Waals surface area contributed by atoms with E-state index in [1.54, 1.807) is 24.3 Å². The molecule has 1 amide bonds. The normalized spacial score (nSPS) is 10.8. The average molecular weight is 479 g/mol. The highest BCUT2D eigenvalue weighted by atomic mass is 35.5. The lowest BCUT2D eigenvalue weighted by Crippen LogP contribution is -2.46. The van der Waals surface area contributed by atoms with E-state index in [0.29, 0.717) is 16.3 Å². The molecule has 9 heteroatoms. The molecule has 0 aliphatic rings. The van der Waals surface area contributed by atoms with E-state index < -0.39 is 28.7 Å². The lowest BCUT2D eigenvalue weighted by molar-refractivity contribution is 0.0941. The quantitative estimate of drug-likeness (QED) is 0.460. The Morgan fingerprint density at radius 2 is 1.74 bits per heavy atom. The zero-order chi connectivity index (χ0) is 24.2. The van der Waals surface area contributed by atoms with Gasteiger partial charge in [0.15, 0.2) is 0 Å². The standard InChI is InChI=1S/C25H20ClFN4O3/c1-16-4-2-5-18(12-16)15-30-24(33)22(23(32)28-14-17-8-10-20(27)11-9-17)29-31(25(30)34)21-7-3-6-19(26)13-21/h2-13H,14-15H2,1H3,(H,28,32). The molecule has 0 unspecified atom stereocenters. The summed E-state index contributed by atoms with van der Waals surface area (Å²) in [5, 5.41) is 7.04. The second-order valence-electron chi connectivity index (χ2n) is 7.71. The number of nitrogens with zero attached hydrogens (tertiary/aromatic N) is 3. The van der Waals surface area contributed by atoms with Crippen LogP contribution in [0.1, 0.15) is 27.2 Å². The maximum atomic E-state index is 13.2. The van der Waals surface area contributed by atoms with Gasteiger partial charge in [0.05, 0.1) is 12.2 Å². The zero-order valence-corrected chi connectivity index (χ0v) is 18.9. The van der Waals surface area contributed by atoms with Crippen LogP contribution in [0.5, 0.6) is 0 Å². The predicted octanol–water partition coefficient (Wildman–Crippen LogP) is 3.47. The van der Waals surface area contributed by atoms with Crippen molar-refractivity contribution in [2.24, 2.45) is 0 Å². The molecule has 0 atom stereocenters. The highest BCUT2D eigenvalue weighted by Crippen LogP contribution is 2.13. The van der Waals surface area contributed by atoms with Gasteiger partial charge in [-0.3, -0.25) is 14.2 Å². The summed E-state index contributed by atoms with van der Waals surface area (Å²) in [5.74, 6) is -1.16. The van der Waals surface area contributed by atoms with Gasteiger partial charge in [0.1, 0.15) is 5.82 Å². The van der Waals surface area contributed by atoms with Crippen LogP contribution in [0.15, 0.2) is 82.4 Å². The summed E-state index contributed by atoms with van der Waals surface area (Å²) in [6.07, 6.45) is 0. The number of carbonyl (C=O) groups excluding carboxylic acids is 1. The van der Waals surface area contributed by atoms with E-state index in [0.717, 1.165) is 20.4 Å². The molecule has 3 aromatic carbocycles. The van der Waals surface area contributed by atoms with Crippen molar-refractivity contribution >= 4 is 17.5 Å². The van der Waals surface area contributed by atoms with Gasteiger partial charge in [0.25, 0.3) is 11.5 Å². The van der Waals surface area contributed by atoms with E-state index in [2.05, 4.69) is 10.4 Å². The highest BCUT2D eigenvalue weighted by molar-refractivity contribution is 6.30. The van der Waals surface area contributed by atoms with E-state index in [1.165, 1.54) is 30.3 Å². The fourth-order valence-electron chi connectivity index (χ4n) is 3.43. The van der Waals surface area contributed by atoms with Gasteiger partial charge in [-0.05, 0) is 48.4 Å². The monoisotopic (exact) mass is 478 g/mol. The van der Waals surface area contributed by atoms with Crippen molar-refractivity contribution in [1.82, 2.24) is 19.7 Å². The molecule has 0 fully saturated rings. The number of nitrogens with one attached hydrogen (secondary N) is 1. The Bertz CT molecular complexity index is 1480. The summed E-state index contributed by atoms with van der Waals surface area (Å²) in [4.78, 5) is 39.3. The first-order valence-corrected chi connectivity index (χ1v) is 10.8. The summed E-state index contributed by atoms with van der Waals surface area (Å²) in [7, 11) is 0. The van der Waals surface area contributed by atoms with Crippen molar-refractivity contribution in [3.63, 3.8) is 0 Å². The van der Waals surface area contributed by atoms with Crippen molar-refractivity contribution < 1.29 is 9.18 Å². The van der Waals surface area contributed by atoms with Crippen molar-refractivity contribution in [3.05, 3.63) is 127 Å². The minimum atomic E-state index is -0.818. The van der Waals surface area contributed by atoms with Gasteiger partial charge in [-0.15, -0.1) is 0 Å². The van der Waals surface area contributed by atoms with Crippen molar-refractivity contribution in [1.29, 1.82) is 0 Å². The zero-order valence-electron chi connectivity index (χ0n) is 18.2. The lowest BCUT2D eigenvalue weighted by atomic mass is 10.1. The molecule has 0 aliphatic carbocycles. The summed E-state index contributed by atoms with van der Waals surface area (Å²) < 4.78 is 15.1. The third-order valence-electron chi connectivity index (χ3n) is 5.12. The molecule has 0 bridgehead atoms. The fraction of sp³-hybridized carbons (Fsp3) is 0.120. The van der Waals surface area contributed by atoms with Crippen LogP contribution in [0, 0.1) is 12.7 Å². The Labute approximate surface area is 199 Å². The Morgan fingerprint density at radius 1 is 1.00 bits per heavy atom. The van der Waals surface area contributed by atoms with Gasteiger partial charge in [-0.1, -0.05) is 59.6 Å². The van der Waals surface area contributed by atoms with Crippen LogP contribution in [-0.2, 0) is 13.1 Å². The largest absolute Gasteiger partial charge is 0.352 e. The first-order valence-electron chi connectivity index (χ1n) is 10.4. The highest BCUT2D eigenvalue weighted by Gasteiger charge is 2.20. The Kier molecular flexibility index (Phi) is 6.70. The third kappa shape index (κ3) is 5.13. The van der Waals surface area contributed by atoms with Crippen LogP contribution in [0.2, 0.25) is 5.02 Å².